The predicted octanol–water partition coefficient (Wildman–Crippen LogP) is 2.52. The molecule has 6 nitrogen and oxygen atoms in total. The summed E-state index contributed by atoms with van der Waals surface area (Å²) in [7, 11) is 4.08. The van der Waals surface area contributed by atoms with E-state index in [1.165, 1.54) is 0 Å². The number of nitrogens with one attached hydrogen (secondary N) is 1. The second-order valence-corrected chi connectivity index (χ2v) is 6.13. The number of carbonyl (C=O) groups excluding carboxylic acids is 1. The Bertz CT molecular complexity index is 536. The first kappa shape index (κ1) is 17.9. The zero-order valence-corrected chi connectivity index (χ0v) is 13.9. The molecule has 0 fully saturated rings. The van der Waals surface area contributed by atoms with Crippen molar-refractivity contribution in [3.63, 3.8) is 0 Å². The molecule has 0 atom stereocenters. The summed E-state index contributed by atoms with van der Waals surface area (Å²) in [5, 5.41) is 2.48. The van der Waals surface area contributed by atoms with Crippen LogP contribution in [-0.4, -0.2) is 47.2 Å². The average molecular weight is 304 g/mol. The number of rotatable bonds is 4. The first-order chi connectivity index (χ1) is 10.3. The number of hydrogen-bond acceptors (Lipinski definition) is 5. The highest BCUT2D eigenvalue weighted by atomic mass is 16.6. The molecule has 1 rings (SSSR count). The van der Waals surface area contributed by atoms with E-state index in [1.807, 2.05) is 14.1 Å². The van der Waals surface area contributed by atoms with E-state index in [1.54, 1.807) is 33.2 Å². The van der Waals surface area contributed by atoms with Crippen LogP contribution in [0.4, 0.5) is 10.7 Å². The summed E-state index contributed by atoms with van der Waals surface area (Å²) in [6.07, 6.45) is 4.45. The quantitative estimate of drug-likeness (QED) is 0.684. The van der Waals surface area contributed by atoms with Gasteiger partial charge in [0.15, 0.2) is 0 Å². The second-order valence-electron chi connectivity index (χ2n) is 6.13. The maximum atomic E-state index is 11.6. The Morgan fingerprint density at radius 3 is 2.50 bits per heavy atom. The predicted molar refractivity (Wildman–Crippen MR) is 86.6 cm³/mol. The number of nitrogens with zero attached hydrogens (tertiary/aromatic N) is 3. The van der Waals surface area contributed by atoms with Crippen LogP contribution in [0, 0.1) is 11.8 Å². The fourth-order valence-corrected chi connectivity index (χ4v) is 1.50. The average Bonchev–Trinajstić information content (AvgIpc) is 2.37. The Kier molecular flexibility index (Phi) is 6.80. The molecule has 0 aliphatic rings. The summed E-state index contributed by atoms with van der Waals surface area (Å²) < 4.78 is 5.12. The highest BCUT2D eigenvalue weighted by Gasteiger charge is 2.16. The molecule has 0 radical (unpaired) electrons. The molecule has 0 saturated heterocycles. The second kappa shape index (κ2) is 8.35. The summed E-state index contributed by atoms with van der Waals surface area (Å²) in [5.74, 6) is 6.28. The van der Waals surface area contributed by atoms with E-state index in [2.05, 4.69) is 32.0 Å². The van der Waals surface area contributed by atoms with E-state index in [-0.39, 0.29) is 5.95 Å². The fourth-order valence-electron chi connectivity index (χ4n) is 1.50. The third-order valence-corrected chi connectivity index (χ3v) is 2.40. The zero-order chi connectivity index (χ0) is 16.6. The largest absolute Gasteiger partial charge is 0.444 e. The number of anilines is 1. The first-order valence-corrected chi connectivity index (χ1v) is 7.22. The molecular weight excluding hydrogens is 280 g/mol. The number of ether oxygens (including phenoxy) is 1. The van der Waals surface area contributed by atoms with Gasteiger partial charge >= 0.3 is 6.09 Å². The van der Waals surface area contributed by atoms with Gasteiger partial charge in [-0.25, -0.2) is 14.8 Å². The Labute approximate surface area is 132 Å². The van der Waals surface area contributed by atoms with Crippen LogP contribution in [0.1, 0.15) is 39.2 Å². The summed E-state index contributed by atoms with van der Waals surface area (Å²) >= 11 is 0. The molecule has 0 unspecified atom stereocenters. The third kappa shape index (κ3) is 8.22. The molecule has 1 aromatic heterocycles. The van der Waals surface area contributed by atoms with E-state index >= 15 is 0 Å². The number of carbonyl (C=O) groups is 1. The number of unbranched alkanes of at least 4 members (excludes halogenated alkanes) is 1. The Balaban J connectivity index is 2.46. The van der Waals surface area contributed by atoms with Gasteiger partial charge in [0.1, 0.15) is 5.60 Å². The highest BCUT2D eigenvalue weighted by Crippen LogP contribution is 2.08. The van der Waals surface area contributed by atoms with Crippen molar-refractivity contribution in [1.29, 1.82) is 0 Å². The maximum Gasteiger partial charge on any atom is 0.414 e. The van der Waals surface area contributed by atoms with Crippen LogP contribution >= 0.6 is 0 Å². The molecular formula is C16H24N4O2. The molecule has 0 spiro atoms. The smallest absolute Gasteiger partial charge is 0.414 e. The molecule has 1 amide bonds. The van der Waals surface area contributed by atoms with Crippen LogP contribution in [0.3, 0.4) is 0 Å². The van der Waals surface area contributed by atoms with Crippen molar-refractivity contribution in [3.05, 3.63) is 18.0 Å². The van der Waals surface area contributed by atoms with Crippen LogP contribution < -0.4 is 5.32 Å². The molecule has 22 heavy (non-hydrogen) atoms. The normalized spacial score (nSPS) is 10.8. The molecule has 6 heteroatoms. The fraction of sp³-hybridized carbons (Fsp3) is 0.562. The minimum Gasteiger partial charge on any atom is -0.444 e. The summed E-state index contributed by atoms with van der Waals surface area (Å²) in [4.78, 5) is 21.8. The van der Waals surface area contributed by atoms with E-state index in [9.17, 15) is 4.79 Å². The van der Waals surface area contributed by atoms with Gasteiger partial charge in [-0.2, -0.15) is 0 Å². The van der Waals surface area contributed by atoms with Gasteiger partial charge < -0.3 is 9.64 Å². The SMILES string of the molecule is CN(C)CCCC#Cc1cnc(NC(=O)OC(C)(C)C)nc1. The van der Waals surface area contributed by atoms with Gasteiger partial charge in [0.2, 0.25) is 5.95 Å². The lowest BCUT2D eigenvalue weighted by Crippen LogP contribution is -2.27. The Morgan fingerprint density at radius 2 is 1.95 bits per heavy atom. The van der Waals surface area contributed by atoms with Gasteiger partial charge in [0.05, 0.1) is 5.56 Å². The van der Waals surface area contributed by atoms with Gasteiger partial charge in [-0.3, -0.25) is 5.32 Å². The minimum atomic E-state index is -0.574. The van der Waals surface area contributed by atoms with Gasteiger partial charge in [0, 0.05) is 18.8 Å². The lowest BCUT2D eigenvalue weighted by atomic mass is 10.2. The molecule has 0 aliphatic carbocycles. The topological polar surface area (TPSA) is 67.4 Å². The highest BCUT2D eigenvalue weighted by molar-refractivity contribution is 5.82. The number of aromatic nitrogens is 2. The van der Waals surface area contributed by atoms with Crippen LogP contribution in [0.5, 0.6) is 0 Å². The van der Waals surface area contributed by atoms with Crippen molar-refractivity contribution in [3.8, 4) is 11.8 Å². The van der Waals surface area contributed by atoms with Crippen LogP contribution in [0.15, 0.2) is 12.4 Å². The first-order valence-electron chi connectivity index (χ1n) is 7.22. The molecule has 1 aromatic rings. The van der Waals surface area contributed by atoms with E-state index < -0.39 is 11.7 Å². The van der Waals surface area contributed by atoms with Crippen LogP contribution in [-0.2, 0) is 4.74 Å². The van der Waals surface area contributed by atoms with Crippen molar-refractivity contribution in [2.45, 2.75) is 39.2 Å². The van der Waals surface area contributed by atoms with E-state index in [0.29, 0.717) is 0 Å². The number of hydrogen-bond donors (Lipinski definition) is 1. The summed E-state index contributed by atoms with van der Waals surface area (Å²) in [6.45, 7) is 6.40. The Morgan fingerprint density at radius 1 is 1.32 bits per heavy atom. The lowest BCUT2D eigenvalue weighted by Gasteiger charge is -2.19. The van der Waals surface area contributed by atoms with Crippen LogP contribution in [0.2, 0.25) is 0 Å². The van der Waals surface area contributed by atoms with Gasteiger partial charge in [0.25, 0.3) is 0 Å². The monoisotopic (exact) mass is 304 g/mol. The minimum absolute atomic E-state index is 0.201. The van der Waals surface area contributed by atoms with E-state index in [0.717, 1.165) is 24.9 Å². The molecule has 0 aromatic carbocycles. The van der Waals surface area contributed by atoms with Crippen molar-refractivity contribution >= 4 is 12.0 Å². The summed E-state index contributed by atoms with van der Waals surface area (Å²) in [5.41, 5.74) is 0.168. The lowest BCUT2D eigenvalue weighted by molar-refractivity contribution is 0.0634. The Hall–Kier alpha value is -2.13. The van der Waals surface area contributed by atoms with Gasteiger partial charge in [-0.05, 0) is 47.8 Å². The van der Waals surface area contributed by atoms with Crippen molar-refractivity contribution in [1.82, 2.24) is 14.9 Å². The molecule has 1 N–H and O–H groups in total. The van der Waals surface area contributed by atoms with Gasteiger partial charge in [-0.15, -0.1) is 0 Å². The third-order valence-electron chi connectivity index (χ3n) is 2.40. The van der Waals surface area contributed by atoms with Crippen LogP contribution in [0.25, 0.3) is 0 Å². The molecule has 1 heterocycles. The molecule has 0 aliphatic heterocycles. The standard InChI is InChI=1S/C16H24N4O2/c1-16(2,3)22-15(21)19-14-17-11-13(12-18-14)9-7-6-8-10-20(4)5/h11-12H,6,8,10H2,1-5H3,(H,17,18,19,21). The molecule has 0 bridgehead atoms. The van der Waals surface area contributed by atoms with Crippen molar-refractivity contribution < 1.29 is 9.53 Å². The van der Waals surface area contributed by atoms with E-state index in [4.69, 9.17) is 4.74 Å². The molecule has 120 valence electrons. The summed E-state index contributed by atoms with van der Waals surface area (Å²) in [6, 6.07) is 0. The number of amides is 1. The van der Waals surface area contributed by atoms with Crippen molar-refractivity contribution in [2.75, 3.05) is 26.0 Å². The maximum absolute atomic E-state index is 11.6. The zero-order valence-electron chi connectivity index (χ0n) is 13.9. The van der Waals surface area contributed by atoms with Gasteiger partial charge in [-0.1, -0.05) is 11.8 Å². The van der Waals surface area contributed by atoms with Crippen molar-refractivity contribution in [2.24, 2.45) is 0 Å². The molecule has 0 saturated carbocycles.